The van der Waals surface area contributed by atoms with Crippen molar-refractivity contribution in [2.75, 3.05) is 5.75 Å². The minimum Gasteiger partial charge on any atom is -0.335 e. The maximum Gasteiger partial charge on any atom is 0.233 e. The maximum atomic E-state index is 13.1. The number of benzene rings is 2. The Morgan fingerprint density at radius 2 is 1.69 bits per heavy atom. The van der Waals surface area contributed by atoms with Gasteiger partial charge in [0.1, 0.15) is 0 Å². The average Bonchev–Trinajstić information content (AvgIpc) is 3.26. The molecule has 4 aromatic rings. The van der Waals surface area contributed by atoms with Gasteiger partial charge in [0, 0.05) is 36.2 Å². The predicted octanol–water partition coefficient (Wildman–Crippen LogP) is 4.86. The molecule has 0 saturated heterocycles. The standard InChI is InChI=1S/C25H25N5OS/c1-19(2)29(17-20-10-5-3-6-11-20)23(31)18-32-25-28-27-24(21-12-9-15-26-16-21)30(25)22-13-7-4-8-14-22/h3-16,19H,17-18H2,1-2H3. The maximum absolute atomic E-state index is 13.1. The molecule has 0 bridgehead atoms. The molecule has 7 heteroatoms. The number of pyridine rings is 1. The van der Waals surface area contributed by atoms with Crippen LogP contribution in [0.2, 0.25) is 0 Å². The molecule has 4 rings (SSSR count). The molecular weight excluding hydrogens is 418 g/mol. The molecule has 0 spiro atoms. The van der Waals surface area contributed by atoms with Gasteiger partial charge in [-0.05, 0) is 43.7 Å². The van der Waals surface area contributed by atoms with E-state index in [1.54, 1.807) is 12.4 Å². The smallest absolute Gasteiger partial charge is 0.233 e. The quantitative estimate of drug-likeness (QED) is 0.364. The molecule has 0 N–H and O–H groups in total. The largest absolute Gasteiger partial charge is 0.335 e. The Bertz CT molecular complexity index is 1150. The van der Waals surface area contributed by atoms with Crippen LogP contribution in [0.25, 0.3) is 17.1 Å². The first-order chi connectivity index (χ1) is 15.6. The van der Waals surface area contributed by atoms with Gasteiger partial charge in [0.05, 0.1) is 5.75 Å². The first-order valence-electron chi connectivity index (χ1n) is 10.5. The first-order valence-corrected chi connectivity index (χ1v) is 11.5. The number of aromatic nitrogens is 4. The van der Waals surface area contributed by atoms with Crippen LogP contribution in [0.1, 0.15) is 19.4 Å². The Morgan fingerprint density at radius 1 is 0.969 bits per heavy atom. The zero-order valence-electron chi connectivity index (χ0n) is 18.1. The van der Waals surface area contributed by atoms with Gasteiger partial charge in [0.15, 0.2) is 11.0 Å². The van der Waals surface area contributed by atoms with Crippen LogP contribution < -0.4 is 0 Å². The molecule has 0 aliphatic rings. The van der Waals surface area contributed by atoms with Gasteiger partial charge in [-0.2, -0.15) is 0 Å². The third kappa shape index (κ3) is 5.06. The van der Waals surface area contributed by atoms with E-state index in [-0.39, 0.29) is 17.7 Å². The van der Waals surface area contributed by atoms with Gasteiger partial charge < -0.3 is 4.90 Å². The molecule has 2 aromatic heterocycles. The van der Waals surface area contributed by atoms with E-state index in [9.17, 15) is 4.79 Å². The molecule has 162 valence electrons. The Hall–Kier alpha value is -3.45. The van der Waals surface area contributed by atoms with Crippen molar-refractivity contribution in [2.24, 2.45) is 0 Å². The number of carbonyl (C=O) groups is 1. The second kappa shape index (κ2) is 10.2. The molecular formula is C25H25N5OS. The SMILES string of the molecule is CC(C)N(Cc1ccccc1)C(=O)CSc1nnc(-c2cccnc2)n1-c1ccccc1. The van der Waals surface area contributed by atoms with Crippen LogP contribution in [0.5, 0.6) is 0 Å². The monoisotopic (exact) mass is 443 g/mol. The summed E-state index contributed by atoms with van der Waals surface area (Å²) in [6.07, 6.45) is 3.50. The van der Waals surface area contributed by atoms with Crippen molar-refractivity contribution in [3.05, 3.63) is 90.8 Å². The summed E-state index contributed by atoms with van der Waals surface area (Å²) in [6.45, 7) is 4.67. The third-order valence-electron chi connectivity index (χ3n) is 5.03. The Balaban J connectivity index is 1.57. The molecule has 32 heavy (non-hydrogen) atoms. The highest BCUT2D eigenvalue weighted by Gasteiger charge is 2.21. The van der Waals surface area contributed by atoms with Gasteiger partial charge in [-0.1, -0.05) is 60.3 Å². The lowest BCUT2D eigenvalue weighted by Crippen LogP contribution is -2.37. The summed E-state index contributed by atoms with van der Waals surface area (Å²) < 4.78 is 1.98. The van der Waals surface area contributed by atoms with E-state index < -0.39 is 0 Å². The number of hydrogen-bond acceptors (Lipinski definition) is 5. The van der Waals surface area contributed by atoms with Crippen LogP contribution in [0.3, 0.4) is 0 Å². The summed E-state index contributed by atoms with van der Waals surface area (Å²) in [5.41, 5.74) is 2.93. The van der Waals surface area contributed by atoms with E-state index in [4.69, 9.17) is 0 Å². The van der Waals surface area contributed by atoms with Crippen molar-refractivity contribution >= 4 is 17.7 Å². The zero-order chi connectivity index (χ0) is 22.3. The normalized spacial score (nSPS) is 11.0. The number of rotatable bonds is 8. The number of hydrogen-bond donors (Lipinski definition) is 0. The fourth-order valence-corrected chi connectivity index (χ4v) is 4.24. The van der Waals surface area contributed by atoms with E-state index in [0.29, 0.717) is 17.5 Å². The number of para-hydroxylation sites is 1. The molecule has 0 unspecified atom stereocenters. The summed E-state index contributed by atoms with van der Waals surface area (Å²) in [5.74, 6) is 1.05. The topological polar surface area (TPSA) is 63.9 Å². The van der Waals surface area contributed by atoms with Crippen molar-refractivity contribution in [2.45, 2.75) is 31.6 Å². The molecule has 0 saturated carbocycles. The minimum absolute atomic E-state index is 0.0689. The highest BCUT2D eigenvalue weighted by molar-refractivity contribution is 7.99. The van der Waals surface area contributed by atoms with Gasteiger partial charge in [-0.3, -0.25) is 14.3 Å². The summed E-state index contributed by atoms with van der Waals surface area (Å²) >= 11 is 1.40. The van der Waals surface area contributed by atoms with Gasteiger partial charge in [-0.15, -0.1) is 10.2 Å². The minimum atomic E-state index is 0.0689. The molecule has 1 amide bonds. The Morgan fingerprint density at radius 3 is 2.34 bits per heavy atom. The van der Waals surface area contributed by atoms with Crippen LogP contribution in [0, 0.1) is 0 Å². The predicted molar refractivity (Wildman–Crippen MR) is 127 cm³/mol. The van der Waals surface area contributed by atoms with E-state index in [1.807, 2.05) is 96.1 Å². The van der Waals surface area contributed by atoms with Gasteiger partial charge in [0.25, 0.3) is 0 Å². The molecule has 2 aromatic carbocycles. The van der Waals surface area contributed by atoms with Crippen LogP contribution in [0.4, 0.5) is 0 Å². The van der Waals surface area contributed by atoms with Crippen molar-refractivity contribution in [3.8, 4) is 17.1 Å². The lowest BCUT2D eigenvalue weighted by Gasteiger charge is -2.26. The molecule has 0 aliphatic carbocycles. The zero-order valence-corrected chi connectivity index (χ0v) is 18.9. The van der Waals surface area contributed by atoms with E-state index in [0.717, 1.165) is 16.8 Å². The van der Waals surface area contributed by atoms with Crippen LogP contribution in [-0.2, 0) is 11.3 Å². The second-order valence-electron chi connectivity index (χ2n) is 7.61. The summed E-state index contributed by atoms with van der Waals surface area (Å²) in [7, 11) is 0. The number of nitrogens with zero attached hydrogens (tertiary/aromatic N) is 5. The van der Waals surface area contributed by atoms with Gasteiger partial charge in [0.2, 0.25) is 5.91 Å². The molecule has 0 radical (unpaired) electrons. The van der Waals surface area contributed by atoms with Crippen LogP contribution in [0.15, 0.2) is 90.3 Å². The molecule has 0 atom stereocenters. The average molecular weight is 444 g/mol. The van der Waals surface area contributed by atoms with Crippen molar-refractivity contribution in [1.82, 2.24) is 24.6 Å². The summed E-state index contributed by atoms with van der Waals surface area (Å²) in [4.78, 5) is 19.2. The van der Waals surface area contributed by atoms with E-state index in [1.165, 1.54) is 11.8 Å². The van der Waals surface area contributed by atoms with E-state index >= 15 is 0 Å². The lowest BCUT2D eigenvalue weighted by molar-refractivity contribution is -0.130. The molecule has 6 nitrogen and oxygen atoms in total. The second-order valence-corrected chi connectivity index (χ2v) is 8.55. The van der Waals surface area contributed by atoms with Crippen molar-refractivity contribution in [1.29, 1.82) is 0 Å². The highest BCUT2D eigenvalue weighted by Crippen LogP contribution is 2.28. The van der Waals surface area contributed by atoms with Crippen LogP contribution in [-0.4, -0.2) is 42.4 Å². The Labute approximate surface area is 192 Å². The highest BCUT2D eigenvalue weighted by atomic mass is 32.2. The molecule has 0 aliphatic heterocycles. The lowest BCUT2D eigenvalue weighted by atomic mass is 10.2. The third-order valence-corrected chi connectivity index (χ3v) is 5.95. The van der Waals surface area contributed by atoms with Crippen molar-refractivity contribution in [3.63, 3.8) is 0 Å². The molecule has 2 heterocycles. The number of amides is 1. The number of carbonyl (C=O) groups excluding carboxylic acids is 1. The molecule has 0 fully saturated rings. The number of thioether (sulfide) groups is 1. The van der Waals surface area contributed by atoms with Gasteiger partial charge >= 0.3 is 0 Å². The van der Waals surface area contributed by atoms with Gasteiger partial charge in [-0.25, -0.2) is 0 Å². The van der Waals surface area contributed by atoms with Crippen LogP contribution >= 0.6 is 11.8 Å². The fourth-order valence-electron chi connectivity index (χ4n) is 3.40. The summed E-state index contributed by atoms with van der Waals surface area (Å²) in [5, 5.41) is 9.50. The van der Waals surface area contributed by atoms with E-state index in [2.05, 4.69) is 15.2 Å². The summed E-state index contributed by atoms with van der Waals surface area (Å²) in [6, 6.07) is 23.9. The van der Waals surface area contributed by atoms with Crippen molar-refractivity contribution < 1.29 is 4.79 Å². The Kier molecular flexibility index (Phi) is 6.97. The fraction of sp³-hybridized carbons (Fsp3) is 0.200. The first kappa shape index (κ1) is 21.8.